The lowest BCUT2D eigenvalue weighted by Crippen LogP contribution is -2.14. The molecule has 0 saturated carbocycles. The fourth-order valence-corrected chi connectivity index (χ4v) is 3.12. The first-order chi connectivity index (χ1) is 12.6. The van der Waals surface area contributed by atoms with Gasteiger partial charge in [-0.1, -0.05) is 35.9 Å². The minimum atomic E-state index is -0.287. The molecule has 0 bridgehead atoms. The maximum absolute atomic E-state index is 12.3. The van der Waals surface area contributed by atoms with E-state index >= 15 is 0 Å². The van der Waals surface area contributed by atoms with Crippen molar-refractivity contribution in [3.8, 4) is 5.75 Å². The van der Waals surface area contributed by atoms with Crippen LogP contribution in [0, 0.1) is 0 Å². The maximum atomic E-state index is 12.3. The fraction of sp³-hybridized carbons (Fsp3) is 0.0526. The van der Waals surface area contributed by atoms with Gasteiger partial charge in [-0.15, -0.1) is 11.3 Å². The van der Waals surface area contributed by atoms with Crippen molar-refractivity contribution in [2.75, 3.05) is 17.7 Å². The van der Waals surface area contributed by atoms with Crippen molar-refractivity contribution >= 4 is 46.1 Å². The predicted molar refractivity (Wildman–Crippen MR) is 105 cm³/mol. The number of halogens is 1. The molecule has 2 aromatic carbocycles. The molecule has 5 nitrogen and oxygen atoms in total. The molecule has 3 aromatic rings. The summed E-state index contributed by atoms with van der Waals surface area (Å²) < 4.78 is 5.33. The molecule has 2 N–H and O–H groups in total. The molecule has 0 radical (unpaired) electrons. The lowest BCUT2D eigenvalue weighted by molar-refractivity contribution is 0.102. The van der Waals surface area contributed by atoms with Crippen LogP contribution in [-0.2, 0) is 0 Å². The number of anilines is 2. The molecular weight excluding hydrogens is 372 g/mol. The van der Waals surface area contributed by atoms with E-state index < -0.39 is 0 Å². The highest BCUT2D eigenvalue weighted by Crippen LogP contribution is 2.35. The molecular formula is C19H15ClN2O3S. The molecule has 2 amide bonds. The molecule has 1 heterocycles. The molecule has 26 heavy (non-hydrogen) atoms. The summed E-state index contributed by atoms with van der Waals surface area (Å²) >= 11 is 7.61. The first-order valence-electron chi connectivity index (χ1n) is 7.67. The lowest BCUT2D eigenvalue weighted by Gasteiger charge is -2.14. The minimum Gasteiger partial charge on any atom is -0.494 e. The van der Waals surface area contributed by atoms with Gasteiger partial charge >= 0.3 is 0 Å². The number of nitrogens with one attached hydrogen (secondary N) is 2. The van der Waals surface area contributed by atoms with Gasteiger partial charge in [-0.25, -0.2) is 0 Å². The second-order valence-electron chi connectivity index (χ2n) is 5.28. The van der Waals surface area contributed by atoms with Gasteiger partial charge in [0.2, 0.25) is 0 Å². The van der Waals surface area contributed by atoms with Gasteiger partial charge in [0.25, 0.3) is 11.8 Å². The molecule has 7 heteroatoms. The molecule has 0 unspecified atom stereocenters. The Morgan fingerprint density at radius 1 is 0.962 bits per heavy atom. The van der Waals surface area contributed by atoms with E-state index in [2.05, 4.69) is 10.6 Å². The number of carbonyl (C=O) groups is 2. The number of hydrogen-bond donors (Lipinski definition) is 2. The maximum Gasteiger partial charge on any atom is 0.265 e. The van der Waals surface area contributed by atoms with Crippen molar-refractivity contribution in [2.45, 2.75) is 0 Å². The highest BCUT2D eigenvalue weighted by atomic mass is 35.5. The van der Waals surface area contributed by atoms with Gasteiger partial charge < -0.3 is 15.4 Å². The van der Waals surface area contributed by atoms with Gasteiger partial charge in [0.05, 0.1) is 28.4 Å². The zero-order valence-corrected chi connectivity index (χ0v) is 15.4. The molecule has 0 aliphatic heterocycles. The van der Waals surface area contributed by atoms with Gasteiger partial charge in [-0.3, -0.25) is 9.59 Å². The Morgan fingerprint density at radius 2 is 1.69 bits per heavy atom. The van der Waals surface area contributed by atoms with Crippen LogP contribution in [0.1, 0.15) is 20.0 Å². The van der Waals surface area contributed by atoms with Gasteiger partial charge in [0.15, 0.2) is 0 Å². The monoisotopic (exact) mass is 386 g/mol. The van der Waals surface area contributed by atoms with Gasteiger partial charge in [0, 0.05) is 11.6 Å². The molecule has 0 aliphatic carbocycles. The Hall–Kier alpha value is -2.83. The van der Waals surface area contributed by atoms with Gasteiger partial charge in [0.1, 0.15) is 5.75 Å². The lowest BCUT2D eigenvalue weighted by atomic mass is 10.2. The molecule has 0 spiro atoms. The highest BCUT2D eigenvalue weighted by molar-refractivity contribution is 7.12. The number of hydrogen-bond acceptors (Lipinski definition) is 4. The number of carbonyl (C=O) groups excluding carboxylic acids is 2. The van der Waals surface area contributed by atoms with Gasteiger partial charge in [-0.2, -0.15) is 0 Å². The zero-order valence-electron chi connectivity index (χ0n) is 13.8. The van der Waals surface area contributed by atoms with Crippen LogP contribution in [0.15, 0.2) is 60.0 Å². The first-order valence-corrected chi connectivity index (χ1v) is 8.93. The van der Waals surface area contributed by atoms with Crippen LogP contribution in [0.3, 0.4) is 0 Å². The van der Waals surface area contributed by atoms with Crippen LogP contribution < -0.4 is 15.4 Å². The summed E-state index contributed by atoms with van der Waals surface area (Å²) in [6, 6.07) is 15.4. The fourth-order valence-electron chi connectivity index (χ4n) is 2.29. The SMILES string of the molecule is COc1cc(NC(=O)c2ccccc2)c(Cl)cc1NC(=O)c1cccs1. The smallest absolute Gasteiger partial charge is 0.265 e. The molecule has 132 valence electrons. The summed E-state index contributed by atoms with van der Waals surface area (Å²) in [5.41, 5.74) is 1.33. The van der Waals surface area contributed by atoms with E-state index in [0.717, 1.165) is 0 Å². The number of thiophene rings is 1. The van der Waals surface area contributed by atoms with Crippen LogP contribution in [0.5, 0.6) is 5.75 Å². The van der Waals surface area contributed by atoms with Crippen LogP contribution >= 0.6 is 22.9 Å². The topological polar surface area (TPSA) is 67.4 Å². The normalized spacial score (nSPS) is 10.2. The number of amides is 2. The van der Waals surface area contributed by atoms with E-state index in [1.807, 2.05) is 11.4 Å². The summed E-state index contributed by atoms with van der Waals surface area (Å²) in [7, 11) is 1.48. The average molecular weight is 387 g/mol. The Balaban J connectivity index is 1.83. The van der Waals surface area contributed by atoms with E-state index in [4.69, 9.17) is 16.3 Å². The molecule has 0 saturated heterocycles. The summed E-state index contributed by atoms with van der Waals surface area (Å²) in [5, 5.41) is 7.62. The van der Waals surface area contributed by atoms with Crippen molar-refractivity contribution in [1.82, 2.24) is 0 Å². The number of benzene rings is 2. The minimum absolute atomic E-state index is 0.254. The summed E-state index contributed by atoms with van der Waals surface area (Å²) in [5.74, 6) is -0.150. The number of ether oxygens (including phenoxy) is 1. The second-order valence-corrected chi connectivity index (χ2v) is 6.64. The molecule has 1 aromatic heterocycles. The Morgan fingerprint density at radius 3 is 2.35 bits per heavy atom. The van der Waals surface area contributed by atoms with E-state index in [1.165, 1.54) is 18.4 Å². The summed E-state index contributed by atoms with van der Waals surface area (Å²) in [6.07, 6.45) is 0. The third-order valence-electron chi connectivity index (χ3n) is 3.57. The van der Waals surface area contributed by atoms with Crippen LogP contribution in [-0.4, -0.2) is 18.9 Å². The number of rotatable bonds is 5. The summed E-state index contributed by atoms with van der Waals surface area (Å²) in [4.78, 5) is 25.1. The number of methoxy groups -OCH3 is 1. The predicted octanol–water partition coefficient (Wildman–Crippen LogP) is 4.91. The Labute approximate surface area is 159 Å². The molecule has 0 aliphatic rings. The van der Waals surface area contributed by atoms with E-state index in [-0.39, 0.29) is 16.8 Å². The van der Waals surface area contributed by atoms with E-state index in [1.54, 1.807) is 48.5 Å². The van der Waals surface area contributed by atoms with Gasteiger partial charge in [-0.05, 0) is 29.6 Å². The highest BCUT2D eigenvalue weighted by Gasteiger charge is 2.15. The molecule has 0 atom stereocenters. The summed E-state index contributed by atoms with van der Waals surface area (Å²) in [6.45, 7) is 0. The Bertz CT molecular complexity index is 927. The zero-order chi connectivity index (χ0) is 18.5. The Kier molecular flexibility index (Phi) is 5.55. The van der Waals surface area contributed by atoms with Crippen molar-refractivity contribution in [3.63, 3.8) is 0 Å². The average Bonchev–Trinajstić information content (AvgIpc) is 3.19. The van der Waals surface area contributed by atoms with Crippen LogP contribution in [0.4, 0.5) is 11.4 Å². The third-order valence-corrected chi connectivity index (χ3v) is 4.75. The van der Waals surface area contributed by atoms with Crippen molar-refractivity contribution < 1.29 is 14.3 Å². The third kappa shape index (κ3) is 4.04. The van der Waals surface area contributed by atoms with E-state index in [0.29, 0.717) is 27.6 Å². The van der Waals surface area contributed by atoms with Crippen LogP contribution in [0.2, 0.25) is 5.02 Å². The van der Waals surface area contributed by atoms with Crippen LogP contribution in [0.25, 0.3) is 0 Å². The first kappa shape index (κ1) is 18.0. The second kappa shape index (κ2) is 8.03. The largest absolute Gasteiger partial charge is 0.494 e. The molecule has 3 rings (SSSR count). The van der Waals surface area contributed by atoms with Crippen molar-refractivity contribution in [1.29, 1.82) is 0 Å². The quantitative estimate of drug-likeness (QED) is 0.654. The van der Waals surface area contributed by atoms with E-state index in [9.17, 15) is 9.59 Å². The van der Waals surface area contributed by atoms with Crippen molar-refractivity contribution in [2.24, 2.45) is 0 Å². The van der Waals surface area contributed by atoms with Crippen molar-refractivity contribution in [3.05, 3.63) is 75.4 Å². The standard InChI is InChI=1S/C19H15ClN2O3S/c1-25-16-11-14(21-18(23)12-6-3-2-4-7-12)13(20)10-15(16)22-19(24)17-8-5-9-26-17/h2-11H,1H3,(H,21,23)(H,22,24). The molecule has 0 fully saturated rings.